The van der Waals surface area contributed by atoms with Crippen molar-refractivity contribution >= 4 is 21.8 Å². The van der Waals surface area contributed by atoms with E-state index in [4.69, 9.17) is 14.7 Å². The maximum Gasteiger partial charge on any atom is 0.333 e. The molecule has 0 amide bonds. The lowest BCUT2D eigenvalue weighted by atomic mass is 10.1. The van der Waals surface area contributed by atoms with Gasteiger partial charge in [-0.05, 0) is 37.6 Å². The normalized spacial score (nSPS) is 11.3. The van der Waals surface area contributed by atoms with Crippen LogP contribution in [0.5, 0.6) is 5.75 Å². The molecule has 0 fully saturated rings. The van der Waals surface area contributed by atoms with Gasteiger partial charge in [0.2, 0.25) is 0 Å². The van der Waals surface area contributed by atoms with Crippen molar-refractivity contribution in [3.63, 3.8) is 0 Å². The molecular formula is C16H18N2O6S. The van der Waals surface area contributed by atoms with Crippen molar-refractivity contribution in [1.29, 1.82) is 5.26 Å². The molecule has 0 bridgehead atoms. The van der Waals surface area contributed by atoms with Crippen LogP contribution in [0.1, 0.15) is 18.9 Å². The SMILES string of the molecule is C=C(C)C(=O)OCCCS(=O)(=O)O/N=C(/C#N)c1ccc(OC)cc1. The largest absolute Gasteiger partial charge is 0.497 e. The molecule has 8 nitrogen and oxygen atoms in total. The van der Waals surface area contributed by atoms with Crippen LogP contribution < -0.4 is 4.74 Å². The number of hydrogen-bond donors (Lipinski definition) is 0. The van der Waals surface area contributed by atoms with Crippen LogP contribution in [0.15, 0.2) is 41.6 Å². The Balaban J connectivity index is 2.61. The lowest BCUT2D eigenvalue weighted by Gasteiger charge is -2.05. The lowest BCUT2D eigenvalue weighted by molar-refractivity contribution is -0.138. The van der Waals surface area contributed by atoms with Crippen molar-refractivity contribution in [2.75, 3.05) is 19.5 Å². The van der Waals surface area contributed by atoms with E-state index < -0.39 is 21.8 Å². The molecule has 25 heavy (non-hydrogen) atoms. The molecule has 134 valence electrons. The molecule has 9 heteroatoms. The van der Waals surface area contributed by atoms with Gasteiger partial charge in [0.25, 0.3) is 0 Å². The van der Waals surface area contributed by atoms with E-state index in [9.17, 15) is 13.2 Å². The summed E-state index contributed by atoms with van der Waals surface area (Å²) in [6.45, 7) is 4.80. The van der Waals surface area contributed by atoms with Crippen molar-refractivity contribution in [2.24, 2.45) is 5.16 Å². The zero-order chi connectivity index (χ0) is 18.9. The number of carbonyl (C=O) groups is 1. The Morgan fingerprint density at radius 3 is 2.48 bits per heavy atom. The quantitative estimate of drug-likeness (QED) is 0.215. The third-order valence-corrected chi connectivity index (χ3v) is 3.92. The molecule has 0 spiro atoms. The summed E-state index contributed by atoms with van der Waals surface area (Å²) in [7, 11) is -2.51. The Morgan fingerprint density at radius 1 is 1.32 bits per heavy atom. The standard InChI is InChI=1S/C16H18N2O6S/c1-12(2)16(19)23-9-4-10-25(20,21)24-18-15(11-17)13-5-7-14(22-3)8-6-13/h5-8H,1,4,9-10H2,2-3H3/b18-15-. The highest BCUT2D eigenvalue weighted by Crippen LogP contribution is 2.12. The third kappa shape index (κ3) is 7.05. The van der Waals surface area contributed by atoms with E-state index in [0.717, 1.165) is 0 Å². The number of hydrogen-bond acceptors (Lipinski definition) is 8. The van der Waals surface area contributed by atoms with E-state index in [1.807, 2.05) is 0 Å². The van der Waals surface area contributed by atoms with Crippen molar-refractivity contribution in [3.8, 4) is 11.8 Å². The Labute approximate surface area is 146 Å². The highest BCUT2D eigenvalue weighted by molar-refractivity contribution is 7.86. The van der Waals surface area contributed by atoms with Gasteiger partial charge in [-0.2, -0.15) is 13.7 Å². The predicted molar refractivity (Wildman–Crippen MR) is 90.4 cm³/mol. The van der Waals surface area contributed by atoms with Crippen LogP contribution in [0, 0.1) is 11.3 Å². The predicted octanol–water partition coefficient (Wildman–Crippen LogP) is 1.78. The Hall–Kier alpha value is -2.86. The van der Waals surface area contributed by atoms with E-state index in [0.29, 0.717) is 11.3 Å². The molecule has 0 saturated heterocycles. The monoisotopic (exact) mass is 366 g/mol. The van der Waals surface area contributed by atoms with Gasteiger partial charge < -0.3 is 9.47 Å². The second-order valence-electron chi connectivity index (χ2n) is 4.89. The van der Waals surface area contributed by atoms with Gasteiger partial charge >= 0.3 is 16.1 Å². The molecule has 0 aromatic heterocycles. The smallest absolute Gasteiger partial charge is 0.333 e. The Morgan fingerprint density at radius 2 is 1.96 bits per heavy atom. The maximum absolute atomic E-state index is 11.7. The first-order valence-corrected chi connectivity index (χ1v) is 8.73. The Bertz CT molecular complexity index is 791. The number of methoxy groups -OCH3 is 1. The number of benzene rings is 1. The summed E-state index contributed by atoms with van der Waals surface area (Å²) in [5.74, 6) is -0.428. The first kappa shape index (κ1) is 20.2. The van der Waals surface area contributed by atoms with Gasteiger partial charge in [0.1, 0.15) is 11.8 Å². The lowest BCUT2D eigenvalue weighted by Crippen LogP contribution is -2.13. The van der Waals surface area contributed by atoms with Crippen molar-refractivity contribution in [3.05, 3.63) is 42.0 Å². The molecule has 0 heterocycles. The van der Waals surface area contributed by atoms with E-state index in [-0.39, 0.29) is 24.3 Å². The van der Waals surface area contributed by atoms with Gasteiger partial charge in [-0.3, -0.25) is 4.28 Å². The molecule has 0 aliphatic heterocycles. The summed E-state index contributed by atoms with van der Waals surface area (Å²) in [6, 6.07) is 8.07. The molecule has 0 aliphatic rings. The van der Waals surface area contributed by atoms with Gasteiger partial charge in [-0.15, -0.1) is 0 Å². The average Bonchev–Trinajstić information content (AvgIpc) is 2.59. The summed E-state index contributed by atoms with van der Waals surface area (Å²) < 4.78 is 37.8. The number of ether oxygens (including phenoxy) is 2. The second-order valence-corrected chi connectivity index (χ2v) is 6.56. The summed E-state index contributed by atoms with van der Waals surface area (Å²) in [4.78, 5) is 11.2. The second kappa shape index (κ2) is 9.44. The van der Waals surface area contributed by atoms with E-state index >= 15 is 0 Å². The minimum atomic E-state index is -4.00. The number of oxime groups is 1. The number of rotatable bonds is 9. The molecule has 0 N–H and O–H groups in total. The molecule has 1 rings (SSSR count). The van der Waals surface area contributed by atoms with Crippen LogP contribution in [0.25, 0.3) is 0 Å². The van der Waals surface area contributed by atoms with Crippen LogP contribution in [-0.4, -0.2) is 39.6 Å². The molecule has 0 saturated carbocycles. The van der Waals surface area contributed by atoms with Crippen LogP contribution in [0.3, 0.4) is 0 Å². The fraction of sp³-hybridized carbons (Fsp3) is 0.312. The number of nitriles is 1. The molecule has 0 aliphatic carbocycles. The van der Waals surface area contributed by atoms with Gasteiger partial charge in [0.15, 0.2) is 5.71 Å². The van der Waals surface area contributed by atoms with Crippen LogP contribution in [0.2, 0.25) is 0 Å². The third-order valence-electron chi connectivity index (χ3n) is 2.83. The molecule has 1 aromatic carbocycles. The first-order valence-electron chi connectivity index (χ1n) is 7.15. The summed E-state index contributed by atoms with van der Waals surface area (Å²) in [5.41, 5.74) is 0.413. The first-order chi connectivity index (χ1) is 11.8. The van der Waals surface area contributed by atoms with E-state index in [1.54, 1.807) is 30.3 Å². The van der Waals surface area contributed by atoms with Gasteiger partial charge in [-0.25, -0.2) is 4.79 Å². The van der Waals surface area contributed by atoms with Crippen molar-refractivity contribution < 1.29 is 27.0 Å². The topological polar surface area (TPSA) is 115 Å². The van der Waals surface area contributed by atoms with Crippen molar-refractivity contribution in [2.45, 2.75) is 13.3 Å². The Kier molecular flexibility index (Phi) is 7.62. The van der Waals surface area contributed by atoms with E-state index in [1.165, 1.54) is 14.0 Å². The highest BCUT2D eigenvalue weighted by Gasteiger charge is 2.14. The zero-order valence-corrected chi connectivity index (χ0v) is 14.7. The number of nitrogens with zero attached hydrogens (tertiary/aromatic N) is 2. The minimum Gasteiger partial charge on any atom is -0.497 e. The molecule has 0 radical (unpaired) electrons. The van der Waals surface area contributed by atoms with Gasteiger partial charge in [0.05, 0.1) is 19.5 Å². The molecule has 0 unspecified atom stereocenters. The maximum atomic E-state index is 11.7. The fourth-order valence-electron chi connectivity index (χ4n) is 1.54. The van der Waals surface area contributed by atoms with Crippen LogP contribution in [-0.2, 0) is 23.9 Å². The van der Waals surface area contributed by atoms with Gasteiger partial charge in [0, 0.05) is 11.1 Å². The van der Waals surface area contributed by atoms with Gasteiger partial charge in [-0.1, -0.05) is 11.7 Å². The highest BCUT2D eigenvalue weighted by atomic mass is 32.2. The number of esters is 1. The minimum absolute atomic E-state index is 0.0291. The summed E-state index contributed by atoms with van der Waals surface area (Å²) >= 11 is 0. The van der Waals surface area contributed by atoms with E-state index in [2.05, 4.69) is 16.0 Å². The average molecular weight is 366 g/mol. The molecule has 1 aromatic rings. The molecular weight excluding hydrogens is 348 g/mol. The van der Waals surface area contributed by atoms with Crippen molar-refractivity contribution in [1.82, 2.24) is 0 Å². The zero-order valence-electron chi connectivity index (χ0n) is 13.9. The fourth-order valence-corrected chi connectivity index (χ4v) is 2.28. The van der Waals surface area contributed by atoms with Crippen LogP contribution in [0.4, 0.5) is 0 Å². The number of carbonyl (C=O) groups excluding carboxylic acids is 1. The van der Waals surface area contributed by atoms with Crippen LogP contribution >= 0.6 is 0 Å². The summed E-state index contributed by atoms with van der Waals surface area (Å²) in [5, 5.41) is 12.5. The summed E-state index contributed by atoms with van der Waals surface area (Å²) in [6.07, 6.45) is 0.0291. The molecule has 0 atom stereocenters.